The van der Waals surface area contributed by atoms with Crippen molar-refractivity contribution in [2.24, 2.45) is 7.05 Å². The van der Waals surface area contributed by atoms with Crippen LogP contribution in [0.3, 0.4) is 0 Å². The van der Waals surface area contributed by atoms with Crippen molar-refractivity contribution in [3.63, 3.8) is 0 Å². The zero-order chi connectivity index (χ0) is 19.6. The van der Waals surface area contributed by atoms with E-state index in [4.69, 9.17) is 0 Å². The highest BCUT2D eigenvalue weighted by atomic mass is 79.9. The second kappa shape index (κ2) is 7.75. The fourth-order valence-electron chi connectivity index (χ4n) is 2.72. The molecule has 0 saturated heterocycles. The number of anilines is 2. The monoisotopic (exact) mass is 430 g/mol. The van der Waals surface area contributed by atoms with Gasteiger partial charge >= 0.3 is 0 Å². The molecule has 0 fully saturated rings. The van der Waals surface area contributed by atoms with Gasteiger partial charge in [0, 0.05) is 31.2 Å². The number of nitrogens with zero attached hydrogens (tertiary/aromatic N) is 4. The Bertz CT molecular complexity index is 1010. The van der Waals surface area contributed by atoms with Gasteiger partial charge in [0.2, 0.25) is 0 Å². The van der Waals surface area contributed by atoms with Crippen molar-refractivity contribution in [2.75, 3.05) is 10.6 Å². The lowest BCUT2D eigenvalue weighted by molar-refractivity contribution is 0.101. The Balaban J connectivity index is 1.76. The maximum atomic E-state index is 12.6. The van der Waals surface area contributed by atoms with Gasteiger partial charge in [-0.15, -0.1) is 0 Å². The first kappa shape index (κ1) is 18.8. The fraction of sp³-hybridized carbons (Fsp3) is 0.222. The van der Waals surface area contributed by atoms with Crippen LogP contribution in [0.4, 0.5) is 11.4 Å². The number of nitrogens with one attached hydrogen (secondary N) is 2. The maximum absolute atomic E-state index is 12.6. The van der Waals surface area contributed by atoms with Crippen LogP contribution >= 0.6 is 15.9 Å². The quantitative estimate of drug-likeness (QED) is 0.649. The Morgan fingerprint density at radius 2 is 1.81 bits per heavy atom. The molecule has 0 spiro atoms. The minimum atomic E-state index is -0.294. The van der Waals surface area contributed by atoms with Crippen LogP contribution in [0.5, 0.6) is 0 Å². The van der Waals surface area contributed by atoms with Gasteiger partial charge in [-0.05, 0) is 54.0 Å². The molecule has 0 radical (unpaired) electrons. The summed E-state index contributed by atoms with van der Waals surface area (Å²) < 4.78 is 3.79. The Hall–Kier alpha value is -2.94. The van der Waals surface area contributed by atoms with Crippen molar-refractivity contribution in [3.8, 4) is 0 Å². The summed E-state index contributed by atoms with van der Waals surface area (Å²) in [7, 11) is 1.71. The van der Waals surface area contributed by atoms with E-state index in [0.29, 0.717) is 33.8 Å². The van der Waals surface area contributed by atoms with E-state index >= 15 is 0 Å². The number of amides is 2. The first-order valence-electron chi connectivity index (χ1n) is 8.34. The first-order chi connectivity index (χ1) is 12.9. The van der Waals surface area contributed by atoms with Crippen LogP contribution in [0, 0.1) is 6.92 Å². The van der Waals surface area contributed by atoms with Crippen LogP contribution in [0.25, 0.3) is 0 Å². The zero-order valence-corrected chi connectivity index (χ0v) is 16.7. The molecule has 8 nitrogen and oxygen atoms in total. The van der Waals surface area contributed by atoms with Crippen molar-refractivity contribution in [2.45, 2.75) is 20.4 Å². The lowest BCUT2D eigenvalue weighted by Gasteiger charge is -2.10. The van der Waals surface area contributed by atoms with Crippen molar-refractivity contribution in [3.05, 3.63) is 58.1 Å². The lowest BCUT2D eigenvalue weighted by atomic mass is 10.2. The van der Waals surface area contributed by atoms with Crippen LogP contribution in [-0.2, 0) is 13.6 Å². The second-order valence-corrected chi connectivity index (χ2v) is 6.69. The molecule has 2 aromatic heterocycles. The molecule has 0 aliphatic carbocycles. The Labute approximate surface area is 164 Å². The first-order valence-corrected chi connectivity index (χ1v) is 9.13. The number of hydrogen-bond acceptors (Lipinski definition) is 4. The van der Waals surface area contributed by atoms with Gasteiger partial charge in [-0.3, -0.25) is 19.0 Å². The number of halogens is 1. The smallest absolute Gasteiger partial charge is 0.275 e. The molecule has 3 aromatic rings. The zero-order valence-electron chi connectivity index (χ0n) is 15.2. The van der Waals surface area contributed by atoms with Gasteiger partial charge in [0.15, 0.2) is 0 Å². The van der Waals surface area contributed by atoms with Gasteiger partial charge in [0.05, 0.1) is 10.2 Å². The maximum Gasteiger partial charge on any atom is 0.275 e. The van der Waals surface area contributed by atoms with E-state index in [1.54, 1.807) is 48.3 Å². The number of carbonyl (C=O) groups excluding carboxylic acids is 2. The molecule has 2 heterocycles. The predicted octanol–water partition coefficient (Wildman–Crippen LogP) is 3.21. The van der Waals surface area contributed by atoms with E-state index in [1.807, 2.05) is 13.8 Å². The van der Waals surface area contributed by atoms with Gasteiger partial charge < -0.3 is 10.6 Å². The number of hydrogen-bond donors (Lipinski definition) is 2. The second-order valence-electron chi connectivity index (χ2n) is 5.89. The van der Waals surface area contributed by atoms with Crippen LogP contribution in [0.1, 0.15) is 33.6 Å². The number of rotatable bonds is 5. The molecule has 0 bridgehead atoms. The third kappa shape index (κ3) is 3.92. The molecule has 2 N–H and O–H groups in total. The molecule has 0 aliphatic rings. The molecule has 140 valence electrons. The van der Waals surface area contributed by atoms with Crippen molar-refractivity contribution in [1.82, 2.24) is 19.6 Å². The summed E-state index contributed by atoms with van der Waals surface area (Å²) in [6.07, 6.45) is 1.59. The Kier molecular flexibility index (Phi) is 5.41. The highest BCUT2D eigenvalue weighted by Crippen LogP contribution is 2.22. The van der Waals surface area contributed by atoms with Gasteiger partial charge in [-0.25, -0.2) is 0 Å². The van der Waals surface area contributed by atoms with Crippen molar-refractivity contribution < 1.29 is 9.59 Å². The number of carbonyl (C=O) groups is 2. The third-order valence-corrected chi connectivity index (χ3v) is 4.94. The van der Waals surface area contributed by atoms with E-state index in [-0.39, 0.29) is 11.8 Å². The predicted molar refractivity (Wildman–Crippen MR) is 106 cm³/mol. The molecule has 0 unspecified atom stereocenters. The fourth-order valence-corrected chi connectivity index (χ4v) is 3.23. The highest BCUT2D eigenvalue weighted by molar-refractivity contribution is 9.10. The van der Waals surface area contributed by atoms with Crippen LogP contribution in [0.2, 0.25) is 0 Å². The van der Waals surface area contributed by atoms with E-state index in [0.717, 1.165) is 5.69 Å². The summed E-state index contributed by atoms with van der Waals surface area (Å²) in [4.78, 5) is 25.0. The van der Waals surface area contributed by atoms with E-state index in [2.05, 4.69) is 36.8 Å². The normalized spacial score (nSPS) is 10.7. The molecule has 2 amide bonds. The van der Waals surface area contributed by atoms with Crippen LogP contribution in [0.15, 0.2) is 41.0 Å². The molecular formula is C18H19BrN6O2. The summed E-state index contributed by atoms with van der Waals surface area (Å²) in [5.74, 6) is -0.555. The molecule has 3 rings (SSSR count). The average Bonchev–Trinajstić information content (AvgIpc) is 3.19. The van der Waals surface area contributed by atoms with Gasteiger partial charge in [-0.1, -0.05) is 6.07 Å². The van der Waals surface area contributed by atoms with Gasteiger partial charge in [0.25, 0.3) is 11.8 Å². The largest absolute Gasteiger partial charge is 0.321 e. The Morgan fingerprint density at radius 1 is 1.15 bits per heavy atom. The van der Waals surface area contributed by atoms with E-state index in [9.17, 15) is 9.59 Å². The molecule has 0 aliphatic heterocycles. The van der Waals surface area contributed by atoms with Crippen molar-refractivity contribution >= 4 is 39.1 Å². The van der Waals surface area contributed by atoms with E-state index < -0.39 is 0 Å². The molecule has 9 heteroatoms. The molecule has 0 saturated carbocycles. The van der Waals surface area contributed by atoms with Gasteiger partial charge in [0.1, 0.15) is 11.4 Å². The minimum absolute atomic E-state index is 0.261. The molecule has 0 atom stereocenters. The molecule has 1 aromatic carbocycles. The summed E-state index contributed by atoms with van der Waals surface area (Å²) >= 11 is 3.39. The summed E-state index contributed by atoms with van der Waals surface area (Å²) in [6.45, 7) is 4.33. The number of benzene rings is 1. The van der Waals surface area contributed by atoms with E-state index in [1.165, 1.54) is 4.68 Å². The number of aromatic nitrogens is 4. The average molecular weight is 431 g/mol. The number of aryl methyl sites for hydroxylation is 3. The Morgan fingerprint density at radius 3 is 2.41 bits per heavy atom. The third-order valence-electron chi connectivity index (χ3n) is 3.99. The summed E-state index contributed by atoms with van der Waals surface area (Å²) in [5, 5.41) is 14.0. The topological polar surface area (TPSA) is 93.8 Å². The summed E-state index contributed by atoms with van der Waals surface area (Å²) in [6, 6.07) is 8.61. The van der Waals surface area contributed by atoms with Gasteiger partial charge in [-0.2, -0.15) is 10.2 Å². The van der Waals surface area contributed by atoms with Crippen molar-refractivity contribution in [1.29, 1.82) is 0 Å². The standard InChI is InChI=1S/C18H19BrN6O2/c1-4-25-14(8-9-20-25)17(26)21-12-6-5-7-13(10-12)22-18(27)16-15(19)11(2)23-24(16)3/h5-10H,4H2,1-3H3,(H,21,26)(H,22,27). The molecular weight excluding hydrogens is 412 g/mol. The highest BCUT2D eigenvalue weighted by Gasteiger charge is 2.18. The molecule has 27 heavy (non-hydrogen) atoms. The minimum Gasteiger partial charge on any atom is -0.321 e. The summed E-state index contributed by atoms with van der Waals surface area (Å²) in [5.41, 5.74) is 2.76. The lowest BCUT2D eigenvalue weighted by Crippen LogP contribution is -2.18. The van der Waals surface area contributed by atoms with Crippen LogP contribution < -0.4 is 10.6 Å². The SMILES string of the molecule is CCn1nccc1C(=O)Nc1cccc(NC(=O)c2c(Br)c(C)nn2C)c1. The van der Waals surface area contributed by atoms with Crippen LogP contribution in [-0.4, -0.2) is 31.4 Å².